The van der Waals surface area contributed by atoms with E-state index in [1.54, 1.807) is 12.1 Å². The van der Waals surface area contributed by atoms with Gasteiger partial charge in [-0.15, -0.1) is 0 Å². The zero-order valence-corrected chi connectivity index (χ0v) is 18.6. The maximum Gasteiger partial charge on any atom is 0.387 e. The fourth-order valence-electron chi connectivity index (χ4n) is 4.74. The largest absolute Gasteiger partial charge is 0.434 e. The lowest BCUT2D eigenvalue weighted by Crippen LogP contribution is -2.27. The highest BCUT2D eigenvalue weighted by Crippen LogP contribution is 2.39. The molecule has 0 amide bonds. The van der Waals surface area contributed by atoms with Crippen molar-refractivity contribution in [2.45, 2.75) is 26.5 Å². The number of fused-ring (bicyclic) bond motifs is 2. The maximum atomic E-state index is 14.9. The number of rotatable bonds is 4. The van der Waals surface area contributed by atoms with Gasteiger partial charge in [-0.05, 0) is 73.5 Å². The van der Waals surface area contributed by atoms with E-state index in [0.29, 0.717) is 16.6 Å². The van der Waals surface area contributed by atoms with Crippen molar-refractivity contribution in [3.05, 3.63) is 70.5 Å². The van der Waals surface area contributed by atoms with E-state index in [1.807, 2.05) is 6.07 Å². The average molecular weight is 462 g/mol. The van der Waals surface area contributed by atoms with Gasteiger partial charge in [-0.25, -0.2) is 4.39 Å². The van der Waals surface area contributed by atoms with Crippen LogP contribution in [0.25, 0.3) is 33.3 Å². The van der Waals surface area contributed by atoms with Crippen LogP contribution < -0.4 is 4.74 Å². The molecular formula is C26H21F3N4O. The number of H-pyrrole nitrogens is 1. The number of hydrogen-bond donors (Lipinski definition) is 1. The van der Waals surface area contributed by atoms with Crippen LogP contribution in [0.1, 0.15) is 22.3 Å². The van der Waals surface area contributed by atoms with E-state index >= 15 is 0 Å². The van der Waals surface area contributed by atoms with Gasteiger partial charge in [0.1, 0.15) is 11.6 Å². The van der Waals surface area contributed by atoms with Crippen LogP contribution in [0.4, 0.5) is 13.2 Å². The molecule has 0 saturated carbocycles. The average Bonchev–Trinajstić information content (AvgIpc) is 3.20. The van der Waals surface area contributed by atoms with E-state index in [2.05, 4.69) is 45.9 Å². The molecule has 5 nitrogen and oxygen atoms in total. The Kier molecular flexibility index (Phi) is 5.50. The number of halogens is 3. The number of hydrogen-bond acceptors (Lipinski definition) is 4. The highest BCUT2D eigenvalue weighted by Gasteiger charge is 2.22. The molecule has 34 heavy (non-hydrogen) atoms. The Bertz CT molecular complexity index is 1450. The Morgan fingerprint density at radius 1 is 1.21 bits per heavy atom. The molecule has 8 heteroatoms. The molecule has 0 fully saturated rings. The Balaban J connectivity index is 1.71. The number of likely N-dealkylation sites (N-methyl/N-ethyl adjacent to an activating group) is 1. The summed E-state index contributed by atoms with van der Waals surface area (Å²) in [5.41, 5.74) is 5.98. The summed E-state index contributed by atoms with van der Waals surface area (Å²) in [6.45, 7) is 0.787. The van der Waals surface area contributed by atoms with Crippen LogP contribution in [0.15, 0.2) is 42.5 Å². The van der Waals surface area contributed by atoms with Crippen LogP contribution in [-0.2, 0) is 13.0 Å². The second-order valence-electron chi connectivity index (χ2n) is 8.54. The van der Waals surface area contributed by atoms with Crippen LogP contribution in [0.5, 0.6) is 5.75 Å². The number of aromatic amines is 1. The SMILES string of the molecule is Cc1cc(-c2n[nH]c3cc(C#N)c(-c4c(F)cccc4OC(F)F)cc23)cc2c1CCN(C)C2. The van der Waals surface area contributed by atoms with E-state index in [9.17, 15) is 18.4 Å². The summed E-state index contributed by atoms with van der Waals surface area (Å²) < 4.78 is 45.4. The van der Waals surface area contributed by atoms with E-state index in [4.69, 9.17) is 0 Å². The third-order valence-electron chi connectivity index (χ3n) is 6.30. The molecule has 0 atom stereocenters. The normalized spacial score (nSPS) is 13.8. The Morgan fingerprint density at radius 3 is 2.79 bits per heavy atom. The summed E-state index contributed by atoms with van der Waals surface area (Å²) in [7, 11) is 2.08. The van der Waals surface area contributed by atoms with Gasteiger partial charge < -0.3 is 9.64 Å². The summed E-state index contributed by atoms with van der Waals surface area (Å²) in [6.07, 6.45) is 0.981. The number of alkyl halides is 2. The van der Waals surface area contributed by atoms with E-state index < -0.39 is 12.4 Å². The van der Waals surface area contributed by atoms with Crippen molar-refractivity contribution < 1.29 is 17.9 Å². The molecule has 1 aliphatic heterocycles. The van der Waals surface area contributed by atoms with E-state index in [-0.39, 0.29) is 22.4 Å². The molecule has 4 aromatic rings. The summed E-state index contributed by atoms with van der Waals surface area (Å²) in [6, 6.07) is 13.1. The van der Waals surface area contributed by atoms with Crippen LogP contribution >= 0.6 is 0 Å². The van der Waals surface area contributed by atoms with Gasteiger partial charge in [0, 0.05) is 29.6 Å². The van der Waals surface area contributed by atoms with Gasteiger partial charge >= 0.3 is 6.61 Å². The van der Waals surface area contributed by atoms with Gasteiger partial charge in [-0.1, -0.05) is 6.07 Å². The number of ether oxygens (including phenoxy) is 1. The van der Waals surface area contributed by atoms with Crippen LogP contribution in [0.2, 0.25) is 0 Å². The smallest absolute Gasteiger partial charge is 0.387 e. The Labute approximate surface area is 194 Å². The van der Waals surface area contributed by atoms with E-state index in [0.717, 1.165) is 31.1 Å². The van der Waals surface area contributed by atoms with Crippen molar-refractivity contribution in [3.8, 4) is 34.2 Å². The first-order valence-electron chi connectivity index (χ1n) is 10.8. The second kappa shape index (κ2) is 8.50. The minimum absolute atomic E-state index is 0.121. The zero-order valence-electron chi connectivity index (χ0n) is 18.6. The number of aryl methyl sites for hydroxylation is 1. The third kappa shape index (κ3) is 3.78. The van der Waals surface area contributed by atoms with Gasteiger partial charge in [-0.3, -0.25) is 5.10 Å². The van der Waals surface area contributed by atoms with Crippen LogP contribution in [-0.4, -0.2) is 35.3 Å². The molecule has 172 valence electrons. The topological polar surface area (TPSA) is 64.9 Å². The lowest BCUT2D eigenvalue weighted by Gasteiger charge is -2.26. The first kappa shape index (κ1) is 22.0. The summed E-state index contributed by atoms with van der Waals surface area (Å²) in [5, 5.41) is 17.8. The molecule has 5 rings (SSSR count). The van der Waals surface area contributed by atoms with Crippen molar-refractivity contribution in [2.24, 2.45) is 0 Å². The molecule has 0 radical (unpaired) electrons. The van der Waals surface area contributed by atoms with E-state index in [1.165, 1.54) is 28.8 Å². The van der Waals surface area contributed by atoms with Crippen molar-refractivity contribution in [2.75, 3.05) is 13.6 Å². The molecule has 3 aromatic carbocycles. The Hall–Kier alpha value is -3.83. The van der Waals surface area contributed by atoms with Gasteiger partial charge in [0.25, 0.3) is 0 Å². The van der Waals surface area contributed by atoms with Crippen molar-refractivity contribution in [1.29, 1.82) is 5.26 Å². The summed E-state index contributed by atoms with van der Waals surface area (Å²) in [5.74, 6) is -1.09. The number of aromatic nitrogens is 2. The van der Waals surface area contributed by atoms with Gasteiger partial charge in [-0.2, -0.15) is 19.1 Å². The minimum atomic E-state index is -3.13. The molecule has 2 heterocycles. The standard InChI is InChI=1S/C26H21F3N4O/c1-14-8-15(9-17-13-33(2)7-6-18(14)17)25-20-11-19(16(12-30)10-22(20)31-32-25)24-21(27)4-3-5-23(24)34-26(28)29/h3-5,8-11,26H,6-7,13H2,1-2H3,(H,31,32). The third-order valence-corrected chi connectivity index (χ3v) is 6.30. The second-order valence-corrected chi connectivity index (χ2v) is 8.54. The monoisotopic (exact) mass is 462 g/mol. The first-order valence-corrected chi connectivity index (χ1v) is 10.8. The molecular weight excluding hydrogens is 441 g/mol. The number of nitrogens with one attached hydrogen (secondary N) is 1. The summed E-state index contributed by atoms with van der Waals surface area (Å²) >= 11 is 0. The summed E-state index contributed by atoms with van der Waals surface area (Å²) in [4.78, 5) is 2.26. The van der Waals surface area contributed by atoms with Gasteiger partial charge in [0.2, 0.25) is 0 Å². The molecule has 1 N–H and O–H groups in total. The van der Waals surface area contributed by atoms with Crippen LogP contribution in [0, 0.1) is 24.1 Å². The lowest BCUT2D eigenvalue weighted by atomic mass is 9.91. The molecule has 0 saturated heterocycles. The van der Waals surface area contributed by atoms with Gasteiger partial charge in [0.05, 0.1) is 28.4 Å². The molecule has 0 bridgehead atoms. The number of nitrogens with zero attached hydrogens (tertiary/aromatic N) is 3. The number of nitriles is 1. The quantitative estimate of drug-likeness (QED) is 0.416. The van der Waals surface area contributed by atoms with Gasteiger partial charge in [0.15, 0.2) is 0 Å². The highest BCUT2D eigenvalue weighted by molar-refractivity contribution is 5.98. The first-order chi connectivity index (χ1) is 16.4. The molecule has 0 aliphatic carbocycles. The predicted molar refractivity (Wildman–Crippen MR) is 123 cm³/mol. The molecule has 0 spiro atoms. The van der Waals surface area contributed by atoms with Crippen molar-refractivity contribution in [3.63, 3.8) is 0 Å². The fourth-order valence-corrected chi connectivity index (χ4v) is 4.74. The van der Waals surface area contributed by atoms with Crippen molar-refractivity contribution in [1.82, 2.24) is 15.1 Å². The molecule has 0 unspecified atom stereocenters. The minimum Gasteiger partial charge on any atom is -0.434 e. The molecule has 1 aromatic heterocycles. The Morgan fingerprint density at radius 2 is 2.03 bits per heavy atom. The highest BCUT2D eigenvalue weighted by atomic mass is 19.3. The zero-order chi connectivity index (χ0) is 24.0. The van der Waals surface area contributed by atoms with Crippen LogP contribution in [0.3, 0.4) is 0 Å². The number of benzene rings is 3. The lowest BCUT2D eigenvalue weighted by molar-refractivity contribution is -0.0495. The molecule has 1 aliphatic rings. The van der Waals surface area contributed by atoms with Crippen molar-refractivity contribution >= 4 is 10.9 Å². The predicted octanol–water partition coefficient (Wildman–Crippen LogP) is 5.81. The maximum absolute atomic E-state index is 14.9. The fraction of sp³-hybridized carbons (Fsp3) is 0.231.